The first-order valence-corrected chi connectivity index (χ1v) is 17.5. The minimum absolute atomic E-state index is 0.128. The average Bonchev–Trinajstić information content (AvgIpc) is 3.19. The van der Waals surface area contributed by atoms with E-state index in [2.05, 4.69) is 45.5 Å². The molecule has 4 N–H and O–H groups in total. The van der Waals surface area contributed by atoms with E-state index in [1.54, 1.807) is 0 Å². The van der Waals surface area contributed by atoms with Gasteiger partial charge in [-0.05, 0) is 85.6 Å². The van der Waals surface area contributed by atoms with Crippen LogP contribution in [0.4, 0.5) is 22.7 Å². The van der Waals surface area contributed by atoms with Crippen LogP contribution in [0.25, 0.3) is 43.6 Å². The van der Waals surface area contributed by atoms with Gasteiger partial charge in [0, 0.05) is 57.1 Å². The van der Waals surface area contributed by atoms with E-state index in [0.717, 1.165) is 79.2 Å². The number of carbonyl (C=O) groups excluding carboxylic acids is 2. The molecule has 52 heavy (non-hydrogen) atoms. The molecular formula is C44H36N6O2. The third-order valence-corrected chi connectivity index (χ3v) is 9.18. The lowest BCUT2D eigenvalue weighted by atomic mass is 10.1. The van der Waals surface area contributed by atoms with Gasteiger partial charge < -0.3 is 21.3 Å². The molecule has 2 amide bonds. The minimum Gasteiger partial charge on any atom is -0.354 e. The normalized spacial score (nSPS) is 11.2. The summed E-state index contributed by atoms with van der Waals surface area (Å²) < 4.78 is 0. The molecule has 0 unspecified atom stereocenters. The van der Waals surface area contributed by atoms with Gasteiger partial charge in [-0.2, -0.15) is 0 Å². The summed E-state index contributed by atoms with van der Waals surface area (Å²) in [5.41, 5.74) is 8.62. The van der Waals surface area contributed by atoms with Gasteiger partial charge in [-0.3, -0.25) is 9.59 Å². The fourth-order valence-electron chi connectivity index (χ4n) is 6.51. The van der Waals surface area contributed by atoms with Crippen LogP contribution < -0.4 is 21.3 Å². The molecule has 0 atom stereocenters. The Balaban J connectivity index is 0.807. The van der Waals surface area contributed by atoms with Gasteiger partial charge in [0.05, 0.1) is 33.4 Å². The van der Waals surface area contributed by atoms with Crippen molar-refractivity contribution in [2.45, 2.75) is 12.8 Å². The quantitative estimate of drug-likeness (QED) is 0.0801. The molecule has 8 rings (SSSR count). The predicted molar refractivity (Wildman–Crippen MR) is 212 cm³/mol. The van der Waals surface area contributed by atoms with Crippen molar-refractivity contribution >= 4 is 78.2 Å². The molecule has 0 aliphatic carbocycles. The Bertz CT molecular complexity index is 2280. The molecule has 0 fully saturated rings. The minimum atomic E-state index is -0.128. The summed E-state index contributed by atoms with van der Waals surface area (Å²) in [5, 5.41) is 17.2. The van der Waals surface area contributed by atoms with Gasteiger partial charge in [-0.25, -0.2) is 9.97 Å². The van der Waals surface area contributed by atoms with Crippen molar-refractivity contribution in [3.05, 3.63) is 157 Å². The Kier molecular flexibility index (Phi) is 9.09. The molecule has 8 heteroatoms. The smallest absolute Gasteiger partial charge is 0.251 e. The topological polar surface area (TPSA) is 108 Å². The molecule has 0 spiro atoms. The zero-order valence-electron chi connectivity index (χ0n) is 28.4. The van der Waals surface area contributed by atoms with Crippen LogP contribution >= 0.6 is 0 Å². The molecule has 8 aromatic rings. The Hall–Kier alpha value is -6.80. The van der Waals surface area contributed by atoms with Gasteiger partial charge in [0.15, 0.2) is 0 Å². The Labute approximate surface area is 300 Å². The molecule has 0 radical (unpaired) electrons. The number of fused-ring (bicyclic) bond motifs is 4. The van der Waals surface area contributed by atoms with Crippen LogP contribution in [-0.2, 0) is 0 Å². The summed E-state index contributed by atoms with van der Waals surface area (Å²) in [6, 6.07) is 47.3. The van der Waals surface area contributed by atoms with Gasteiger partial charge in [-0.15, -0.1) is 0 Å². The third-order valence-electron chi connectivity index (χ3n) is 9.18. The highest BCUT2D eigenvalue weighted by Gasteiger charge is 2.12. The highest BCUT2D eigenvalue weighted by Crippen LogP contribution is 2.34. The molecular weight excluding hydrogens is 645 g/mol. The number of nitrogens with one attached hydrogen (secondary N) is 4. The number of anilines is 4. The summed E-state index contributed by atoms with van der Waals surface area (Å²) in [5.74, 6) is -0.256. The summed E-state index contributed by atoms with van der Waals surface area (Å²) in [7, 11) is 0. The maximum atomic E-state index is 12.8. The lowest BCUT2D eigenvalue weighted by molar-refractivity contribution is 0.0939. The highest BCUT2D eigenvalue weighted by atomic mass is 16.2. The van der Waals surface area contributed by atoms with Crippen molar-refractivity contribution in [2.75, 3.05) is 23.7 Å². The van der Waals surface area contributed by atoms with E-state index in [9.17, 15) is 9.59 Å². The molecule has 0 aliphatic rings. The standard InChI is InChI=1S/C44H36N6O2/c51-43(29-19-23-31(24-20-29)47-41-33-11-1-5-15-37(33)49-38-16-6-2-12-34(38)41)45-27-9-10-28-46-44(52)30-21-25-32(26-22-30)48-42-35-13-3-7-17-39(35)50-40-18-8-4-14-36(40)42/h1-8,11-26H,9-10,27-28H2,(H,45,51)(H,46,52)(H,47,49)(H,48,50). The number of unbranched alkanes of at least 4 members (excludes halogenated alkanes) is 1. The molecule has 0 aliphatic heterocycles. The number of amides is 2. The van der Waals surface area contributed by atoms with Crippen LogP contribution in [-0.4, -0.2) is 34.9 Å². The lowest BCUT2D eigenvalue weighted by Gasteiger charge is -2.14. The Morgan fingerprint density at radius 1 is 0.404 bits per heavy atom. The number of nitrogens with zero attached hydrogens (tertiary/aromatic N) is 2. The molecule has 8 nitrogen and oxygen atoms in total. The van der Waals surface area contributed by atoms with Gasteiger partial charge in [0.2, 0.25) is 0 Å². The van der Waals surface area contributed by atoms with Crippen LogP contribution in [0.5, 0.6) is 0 Å². The first-order chi connectivity index (χ1) is 25.6. The van der Waals surface area contributed by atoms with E-state index < -0.39 is 0 Å². The second-order valence-electron chi connectivity index (χ2n) is 12.7. The molecule has 0 saturated carbocycles. The fraction of sp³-hybridized carbons (Fsp3) is 0.0909. The van der Waals surface area contributed by atoms with E-state index in [4.69, 9.17) is 9.97 Å². The number of hydrogen-bond donors (Lipinski definition) is 4. The Morgan fingerprint density at radius 3 is 1.04 bits per heavy atom. The summed E-state index contributed by atoms with van der Waals surface area (Å²) >= 11 is 0. The SMILES string of the molecule is O=C(NCCCCNC(=O)c1ccc(Nc2c3ccccc3nc3ccccc23)cc1)c1ccc(Nc2c3ccccc3nc3ccccc23)cc1. The van der Waals surface area contributed by atoms with Crippen molar-refractivity contribution in [2.24, 2.45) is 0 Å². The average molecular weight is 681 g/mol. The van der Waals surface area contributed by atoms with Crippen molar-refractivity contribution in [1.29, 1.82) is 0 Å². The molecule has 0 bridgehead atoms. The second-order valence-corrected chi connectivity index (χ2v) is 12.7. The molecule has 2 aromatic heterocycles. The van der Waals surface area contributed by atoms with E-state index in [-0.39, 0.29) is 11.8 Å². The van der Waals surface area contributed by atoms with E-state index in [1.165, 1.54) is 0 Å². The van der Waals surface area contributed by atoms with Gasteiger partial charge in [0.1, 0.15) is 0 Å². The predicted octanol–water partition coefficient (Wildman–Crippen LogP) is 9.52. The van der Waals surface area contributed by atoms with Gasteiger partial charge in [-0.1, -0.05) is 72.8 Å². The van der Waals surface area contributed by atoms with Crippen LogP contribution in [0.2, 0.25) is 0 Å². The number of rotatable bonds is 11. The molecule has 6 aromatic carbocycles. The molecule has 0 saturated heterocycles. The zero-order chi connectivity index (χ0) is 35.3. The monoisotopic (exact) mass is 680 g/mol. The maximum absolute atomic E-state index is 12.8. The zero-order valence-corrected chi connectivity index (χ0v) is 28.4. The van der Waals surface area contributed by atoms with Crippen molar-refractivity contribution in [1.82, 2.24) is 20.6 Å². The third kappa shape index (κ3) is 6.82. The second kappa shape index (κ2) is 14.6. The van der Waals surface area contributed by atoms with Gasteiger partial charge in [0.25, 0.3) is 11.8 Å². The number of pyridine rings is 2. The van der Waals surface area contributed by atoms with Crippen LogP contribution in [0.15, 0.2) is 146 Å². The van der Waals surface area contributed by atoms with Crippen molar-refractivity contribution < 1.29 is 9.59 Å². The van der Waals surface area contributed by atoms with Crippen molar-refractivity contribution in [3.63, 3.8) is 0 Å². The Morgan fingerprint density at radius 2 is 0.712 bits per heavy atom. The number of para-hydroxylation sites is 4. The van der Waals surface area contributed by atoms with Crippen LogP contribution in [0, 0.1) is 0 Å². The van der Waals surface area contributed by atoms with Crippen LogP contribution in [0.1, 0.15) is 33.6 Å². The van der Waals surface area contributed by atoms with Crippen molar-refractivity contribution in [3.8, 4) is 0 Å². The van der Waals surface area contributed by atoms with Crippen LogP contribution in [0.3, 0.4) is 0 Å². The maximum Gasteiger partial charge on any atom is 0.251 e. The van der Waals surface area contributed by atoms with E-state index >= 15 is 0 Å². The summed E-state index contributed by atoms with van der Waals surface area (Å²) in [6.07, 6.45) is 1.48. The largest absolute Gasteiger partial charge is 0.354 e. The van der Waals surface area contributed by atoms with E-state index in [0.29, 0.717) is 24.2 Å². The first kappa shape index (κ1) is 32.4. The molecule has 254 valence electrons. The highest BCUT2D eigenvalue weighted by molar-refractivity contribution is 6.10. The number of aromatic nitrogens is 2. The first-order valence-electron chi connectivity index (χ1n) is 17.5. The lowest BCUT2D eigenvalue weighted by Crippen LogP contribution is -2.27. The molecule has 2 heterocycles. The summed E-state index contributed by atoms with van der Waals surface area (Å²) in [6.45, 7) is 1.03. The van der Waals surface area contributed by atoms with Gasteiger partial charge >= 0.3 is 0 Å². The number of hydrogen-bond acceptors (Lipinski definition) is 6. The summed E-state index contributed by atoms with van der Waals surface area (Å²) in [4.78, 5) is 35.3. The van der Waals surface area contributed by atoms with E-state index in [1.807, 2.05) is 121 Å². The number of carbonyl (C=O) groups is 2. The fourth-order valence-corrected chi connectivity index (χ4v) is 6.51. The number of benzene rings is 6.